The largest absolute Gasteiger partial charge is 0.393 e. The van der Waals surface area contributed by atoms with E-state index in [1.165, 1.54) is 38.8 Å². The molecular weight excluding hydrogens is 200 g/mol. The first-order chi connectivity index (χ1) is 7.72. The number of aliphatic hydroxyl groups is 1. The molecule has 3 fully saturated rings. The first-order valence-electron chi connectivity index (χ1n) is 6.83. The molecule has 1 saturated heterocycles. The Labute approximate surface area is 98.0 Å². The highest BCUT2D eigenvalue weighted by atomic mass is 16.3. The van der Waals surface area contributed by atoms with E-state index in [1.54, 1.807) is 0 Å². The van der Waals surface area contributed by atoms with Crippen LogP contribution in [0.3, 0.4) is 0 Å². The van der Waals surface area contributed by atoms with Crippen LogP contribution < -0.4 is 5.73 Å². The van der Waals surface area contributed by atoms with Gasteiger partial charge in [-0.25, -0.2) is 0 Å². The van der Waals surface area contributed by atoms with Gasteiger partial charge in [0.25, 0.3) is 0 Å². The van der Waals surface area contributed by atoms with Gasteiger partial charge in [-0.05, 0) is 50.0 Å². The molecule has 0 aromatic carbocycles. The summed E-state index contributed by atoms with van der Waals surface area (Å²) in [5, 5.41) is 9.89. The molecule has 3 unspecified atom stereocenters. The highest BCUT2D eigenvalue weighted by Gasteiger charge is 2.47. The summed E-state index contributed by atoms with van der Waals surface area (Å²) in [7, 11) is 0. The molecule has 16 heavy (non-hydrogen) atoms. The van der Waals surface area contributed by atoms with Crippen molar-refractivity contribution in [3.05, 3.63) is 0 Å². The molecule has 3 aliphatic rings. The second kappa shape index (κ2) is 3.97. The smallest absolute Gasteiger partial charge is 0.0583 e. The molecule has 0 aromatic heterocycles. The van der Waals surface area contributed by atoms with Gasteiger partial charge >= 0.3 is 0 Å². The van der Waals surface area contributed by atoms with E-state index in [0.717, 1.165) is 25.4 Å². The number of nitrogens with two attached hydrogens (primary N) is 1. The van der Waals surface area contributed by atoms with Crippen LogP contribution in [0.5, 0.6) is 0 Å². The van der Waals surface area contributed by atoms with E-state index in [-0.39, 0.29) is 6.10 Å². The Morgan fingerprint density at radius 2 is 2.06 bits per heavy atom. The fourth-order valence-corrected chi connectivity index (χ4v) is 3.90. The topological polar surface area (TPSA) is 49.5 Å². The van der Waals surface area contributed by atoms with Crippen LogP contribution in [0.1, 0.15) is 32.1 Å². The Balaban J connectivity index is 1.55. The second-order valence-corrected chi connectivity index (χ2v) is 6.30. The Kier molecular flexibility index (Phi) is 2.73. The number of hydrogen-bond donors (Lipinski definition) is 2. The molecule has 0 amide bonds. The lowest BCUT2D eigenvalue weighted by atomic mass is 10.00. The van der Waals surface area contributed by atoms with Crippen molar-refractivity contribution in [3.63, 3.8) is 0 Å². The average Bonchev–Trinajstić information content (AvgIpc) is 2.74. The second-order valence-electron chi connectivity index (χ2n) is 6.30. The molecule has 0 spiro atoms. The summed E-state index contributed by atoms with van der Waals surface area (Å²) in [6.07, 6.45) is 6.21. The molecule has 3 heteroatoms. The van der Waals surface area contributed by atoms with Gasteiger partial charge in [0.15, 0.2) is 0 Å². The van der Waals surface area contributed by atoms with Crippen molar-refractivity contribution in [3.8, 4) is 0 Å². The van der Waals surface area contributed by atoms with Crippen molar-refractivity contribution in [2.24, 2.45) is 23.0 Å². The Bertz CT molecular complexity index is 265. The van der Waals surface area contributed by atoms with E-state index in [2.05, 4.69) is 4.90 Å². The highest BCUT2D eigenvalue weighted by molar-refractivity contribution is 5.00. The van der Waals surface area contributed by atoms with Gasteiger partial charge in [0.2, 0.25) is 0 Å². The normalized spacial score (nSPS) is 41.2. The summed E-state index contributed by atoms with van der Waals surface area (Å²) in [4.78, 5) is 2.60. The third-order valence-electron chi connectivity index (χ3n) is 5.09. The van der Waals surface area contributed by atoms with Crippen molar-refractivity contribution in [2.75, 3.05) is 26.2 Å². The zero-order chi connectivity index (χ0) is 11.2. The van der Waals surface area contributed by atoms with Gasteiger partial charge in [0.05, 0.1) is 6.10 Å². The maximum absolute atomic E-state index is 9.89. The predicted octanol–water partition coefficient (Wildman–Crippen LogP) is 0.818. The maximum atomic E-state index is 9.89. The zero-order valence-corrected chi connectivity index (χ0v) is 10.1. The SMILES string of the molecule is NCCC1(CN2CC3CCC(O)C3C2)CC1. The summed E-state index contributed by atoms with van der Waals surface area (Å²) >= 11 is 0. The maximum Gasteiger partial charge on any atom is 0.0583 e. The van der Waals surface area contributed by atoms with Crippen LogP contribution in [-0.2, 0) is 0 Å². The molecule has 3 N–H and O–H groups in total. The van der Waals surface area contributed by atoms with E-state index < -0.39 is 0 Å². The zero-order valence-electron chi connectivity index (χ0n) is 10.1. The summed E-state index contributed by atoms with van der Waals surface area (Å²) in [6, 6.07) is 0. The summed E-state index contributed by atoms with van der Waals surface area (Å²) in [5.41, 5.74) is 6.25. The minimum Gasteiger partial charge on any atom is -0.393 e. The first kappa shape index (κ1) is 11.0. The van der Waals surface area contributed by atoms with Crippen LogP contribution in [0.4, 0.5) is 0 Å². The van der Waals surface area contributed by atoms with Gasteiger partial charge in [0, 0.05) is 25.6 Å². The van der Waals surface area contributed by atoms with Crippen LogP contribution in [0.2, 0.25) is 0 Å². The Morgan fingerprint density at radius 1 is 1.25 bits per heavy atom. The molecule has 0 radical (unpaired) electrons. The molecule has 2 saturated carbocycles. The van der Waals surface area contributed by atoms with Gasteiger partial charge in [-0.2, -0.15) is 0 Å². The molecule has 1 aliphatic heterocycles. The number of hydrogen-bond acceptors (Lipinski definition) is 3. The van der Waals surface area contributed by atoms with Gasteiger partial charge in [-0.3, -0.25) is 0 Å². The van der Waals surface area contributed by atoms with Crippen molar-refractivity contribution < 1.29 is 5.11 Å². The quantitative estimate of drug-likeness (QED) is 0.743. The van der Waals surface area contributed by atoms with Crippen LogP contribution in [-0.4, -0.2) is 42.3 Å². The van der Waals surface area contributed by atoms with Crippen molar-refractivity contribution >= 4 is 0 Å². The third kappa shape index (κ3) is 1.89. The highest BCUT2D eigenvalue weighted by Crippen LogP contribution is 2.50. The first-order valence-corrected chi connectivity index (χ1v) is 6.83. The lowest BCUT2D eigenvalue weighted by Crippen LogP contribution is -2.31. The monoisotopic (exact) mass is 224 g/mol. The molecule has 3 rings (SSSR count). The number of rotatable bonds is 4. The van der Waals surface area contributed by atoms with Crippen LogP contribution in [0.15, 0.2) is 0 Å². The Morgan fingerprint density at radius 3 is 2.69 bits per heavy atom. The minimum atomic E-state index is -0.0142. The van der Waals surface area contributed by atoms with Gasteiger partial charge < -0.3 is 15.7 Å². The van der Waals surface area contributed by atoms with Crippen molar-refractivity contribution in [1.82, 2.24) is 4.90 Å². The number of aliphatic hydroxyl groups excluding tert-OH is 1. The van der Waals surface area contributed by atoms with E-state index in [9.17, 15) is 5.11 Å². The average molecular weight is 224 g/mol. The van der Waals surface area contributed by atoms with E-state index in [4.69, 9.17) is 5.73 Å². The van der Waals surface area contributed by atoms with Crippen molar-refractivity contribution in [2.45, 2.75) is 38.2 Å². The van der Waals surface area contributed by atoms with Gasteiger partial charge in [0.1, 0.15) is 0 Å². The fraction of sp³-hybridized carbons (Fsp3) is 1.00. The van der Waals surface area contributed by atoms with Crippen LogP contribution >= 0.6 is 0 Å². The lowest BCUT2D eigenvalue weighted by molar-refractivity contribution is 0.121. The molecule has 0 aromatic rings. The summed E-state index contributed by atoms with van der Waals surface area (Å²) in [5.74, 6) is 1.36. The minimum absolute atomic E-state index is 0.0142. The molecule has 0 bridgehead atoms. The number of likely N-dealkylation sites (tertiary alicyclic amines) is 1. The van der Waals surface area contributed by atoms with Crippen LogP contribution in [0.25, 0.3) is 0 Å². The molecule has 3 atom stereocenters. The Hall–Kier alpha value is -0.120. The van der Waals surface area contributed by atoms with E-state index in [0.29, 0.717) is 11.3 Å². The van der Waals surface area contributed by atoms with Crippen LogP contribution in [0, 0.1) is 17.3 Å². The standard InChI is InChI=1S/C13H24N2O/c14-6-5-13(3-4-13)9-15-7-10-1-2-12(16)11(10)8-15/h10-12,16H,1-9,14H2. The van der Waals surface area contributed by atoms with E-state index in [1.807, 2.05) is 0 Å². The van der Waals surface area contributed by atoms with Gasteiger partial charge in [-0.15, -0.1) is 0 Å². The third-order valence-corrected chi connectivity index (χ3v) is 5.09. The molecule has 1 heterocycles. The fourth-order valence-electron chi connectivity index (χ4n) is 3.90. The molecule has 3 nitrogen and oxygen atoms in total. The summed E-state index contributed by atoms with van der Waals surface area (Å²) < 4.78 is 0. The molecule has 2 aliphatic carbocycles. The predicted molar refractivity (Wildman–Crippen MR) is 64.0 cm³/mol. The number of nitrogens with zero attached hydrogens (tertiary/aromatic N) is 1. The molecular formula is C13H24N2O. The number of fused-ring (bicyclic) bond motifs is 1. The van der Waals surface area contributed by atoms with Crippen molar-refractivity contribution in [1.29, 1.82) is 0 Å². The molecule has 92 valence electrons. The van der Waals surface area contributed by atoms with E-state index >= 15 is 0 Å². The lowest BCUT2D eigenvalue weighted by Gasteiger charge is -2.24. The summed E-state index contributed by atoms with van der Waals surface area (Å²) in [6.45, 7) is 4.44. The van der Waals surface area contributed by atoms with Gasteiger partial charge in [-0.1, -0.05) is 0 Å².